The van der Waals surface area contributed by atoms with E-state index in [2.05, 4.69) is 25.7 Å². The molecule has 0 spiro atoms. The summed E-state index contributed by atoms with van der Waals surface area (Å²) in [7, 11) is 1.73. The molecule has 0 unspecified atom stereocenters. The molecule has 2 heterocycles. The number of carbonyl (C=O) groups excluding carboxylic acids is 2. The van der Waals surface area contributed by atoms with E-state index in [0.29, 0.717) is 11.6 Å². The Bertz CT molecular complexity index is 691. The monoisotopic (exact) mass is 320 g/mol. The molecule has 0 aromatic carbocycles. The number of aromatic amines is 1. The van der Waals surface area contributed by atoms with Crippen LogP contribution >= 0.6 is 0 Å². The minimum Gasteiger partial charge on any atom is -0.463 e. The number of hydrogen-bond acceptors (Lipinski definition) is 7. The quantitative estimate of drug-likeness (QED) is 0.422. The number of aromatic nitrogens is 4. The van der Waals surface area contributed by atoms with Crippen molar-refractivity contribution in [2.45, 2.75) is 6.92 Å². The summed E-state index contributed by atoms with van der Waals surface area (Å²) in [4.78, 5) is 32.4. The summed E-state index contributed by atoms with van der Waals surface area (Å²) in [5.41, 5.74) is 0.260. The van der Waals surface area contributed by atoms with Gasteiger partial charge in [-0.15, -0.1) is 0 Å². The molecule has 0 aliphatic rings. The van der Waals surface area contributed by atoms with E-state index in [1.54, 1.807) is 37.0 Å². The minimum atomic E-state index is -0.579. The van der Waals surface area contributed by atoms with Gasteiger partial charge < -0.3 is 14.1 Å². The van der Waals surface area contributed by atoms with Gasteiger partial charge in [-0.05, 0) is 13.0 Å². The zero-order valence-electron chi connectivity index (χ0n) is 12.6. The first-order valence-corrected chi connectivity index (χ1v) is 6.75. The number of oxime groups is 1. The highest BCUT2D eigenvalue weighted by Crippen LogP contribution is 2.04. The Hall–Kier alpha value is -3.17. The maximum Gasteiger partial charge on any atom is 0.347 e. The number of amides is 1. The van der Waals surface area contributed by atoms with Gasteiger partial charge in [0.15, 0.2) is 5.71 Å². The predicted molar refractivity (Wildman–Crippen MR) is 79.5 cm³/mol. The Morgan fingerprint density at radius 2 is 2.26 bits per heavy atom. The third kappa shape index (κ3) is 4.40. The lowest BCUT2D eigenvalue weighted by molar-refractivity contribution is -0.148. The van der Waals surface area contributed by atoms with E-state index >= 15 is 0 Å². The number of esters is 1. The number of rotatable bonds is 7. The molecule has 0 bridgehead atoms. The number of ether oxygens (including phenoxy) is 1. The van der Waals surface area contributed by atoms with Gasteiger partial charge in [-0.3, -0.25) is 15.2 Å². The van der Waals surface area contributed by atoms with Crippen LogP contribution in [0.4, 0.5) is 5.95 Å². The molecular formula is C13H16N6O4. The Labute approximate surface area is 131 Å². The third-order valence-electron chi connectivity index (χ3n) is 2.66. The van der Waals surface area contributed by atoms with Gasteiger partial charge in [0.2, 0.25) is 12.6 Å². The van der Waals surface area contributed by atoms with E-state index < -0.39 is 18.5 Å². The van der Waals surface area contributed by atoms with Crippen LogP contribution < -0.4 is 5.32 Å². The van der Waals surface area contributed by atoms with E-state index in [0.717, 1.165) is 0 Å². The van der Waals surface area contributed by atoms with Crippen molar-refractivity contribution in [2.75, 3.05) is 18.5 Å². The zero-order chi connectivity index (χ0) is 16.7. The molecule has 0 atom stereocenters. The van der Waals surface area contributed by atoms with Crippen LogP contribution in [-0.2, 0) is 26.2 Å². The van der Waals surface area contributed by atoms with Gasteiger partial charge in [0.05, 0.1) is 12.3 Å². The van der Waals surface area contributed by atoms with Crippen molar-refractivity contribution in [1.82, 2.24) is 19.7 Å². The molecule has 2 rings (SSSR count). The summed E-state index contributed by atoms with van der Waals surface area (Å²) < 4.78 is 6.34. The third-order valence-corrected chi connectivity index (χ3v) is 2.66. The van der Waals surface area contributed by atoms with Crippen molar-refractivity contribution in [3.05, 3.63) is 30.4 Å². The van der Waals surface area contributed by atoms with Crippen molar-refractivity contribution in [3.8, 4) is 0 Å². The summed E-state index contributed by atoms with van der Waals surface area (Å²) in [6.45, 7) is 1.51. The average Bonchev–Trinajstić information content (AvgIpc) is 3.16. The van der Waals surface area contributed by atoms with Crippen LogP contribution in [-0.4, -0.2) is 50.6 Å². The number of hydrogen-bond donors (Lipinski definition) is 2. The number of nitrogens with one attached hydrogen (secondary N) is 2. The summed E-state index contributed by atoms with van der Waals surface area (Å²) >= 11 is 0. The van der Waals surface area contributed by atoms with E-state index in [1.165, 1.54) is 6.20 Å². The minimum absolute atomic E-state index is 0.0743. The molecular weight excluding hydrogens is 304 g/mol. The highest BCUT2D eigenvalue weighted by atomic mass is 16.7. The van der Waals surface area contributed by atoms with Crippen LogP contribution in [0, 0.1) is 0 Å². The molecule has 0 aliphatic heterocycles. The van der Waals surface area contributed by atoms with Crippen LogP contribution in [0.25, 0.3) is 0 Å². The number of anilines is 1. The van der Waals surface area contributed by atoms with Gasteiger partial charge in [0, 0.05) is 25.6 Å². The fourth-order valence-electron chi connectivity index (χ4n) is 1.60. The molecule has 0 aliphatic carbocycles. The number of H-pyrrole nitrogens is 1. The largest absolute Gasteiger partial charge is 0.463 e. The first kappa shape index (κ1) is 16.2. The highest BCUT2D eigenvalue weighted by Gasteiger charge is 2.18. The lowest BCUT2D eigenvalue weighted by Gasteiger charge is -2.06. The van der Waals surface area contributed by atoms with Crippen molar-refractivity contribution < 1.29 is 19.2 Å². The van der Waals surface area contributed by atoms with Gasteiger partial charge in [-0.1, -0.05) is 5.16 Å². The second-order valence-electron chi connectivity index (χ2n) is 4.30. The summed E-state index contributed by atoms with van der Waals surface area (Å²) in [5.74, 6) is -0.801. The first-order chi connectivity index (χ1) is 11.1. The highest BCUT2D eigenvalue weighted by molar-refractivity contribution is 6.48. The molecule has 10 nitrogen and oxygen atoms in total. The Morgan fingerprint density at radius 3 is 2.87 bits per heavy atom. The topological polar surface area (TPSA) is 123 Å². The molecule has 0 radical (unpaired) electrons. The molecule has 1 amide bonds. The van der Waals surface area contributed by atoms with Crippen LogP contribution in [0.3, 0.4) is 0 Å². The van der Waals surface area contributed by atoms with Gasteiger partial charge >= 0.3 is 5.97 Å². The number of nitrogens with zero attached hydrogens (tertiary/aromatic N) is 4. The molecule has 0 saturated heterocycles. The SMILES string of the molecule is CCOC(=O)CO/N=C(/C(=O)Nc1nccn1C)c1ccn[nH]1. The van der Waals surface area contributed by atoms with Crippen molar-refractivity contribution in [3.63, 3.8) is 0 Å². The summed E-state index contributed by atoms with van der Waals surface area (Å²) in [5, 5.41) is 12.6. The Kier molecular flexibility index (Phi) is 5.45. The lowest BCUT2D eigenvalue weighted by atomic mass is 10.2. The van der Waals surface area contributed by atoms with Gasteiger partial charge in [0.25, 0.3) is 5.91 Å². The zero-order valence-corrected chi connectivity index (χ0v) is 12.6. The second kappa shape index (κ2) is 7.73. The number of imidazole rings is 1. The van der Waals surface area contributed by atoms with Crippen molar-refractivity contribution in [2.24, 2.45) is 12.2 Å². The fourth-order valence-corrected chi connectivity index (χ4v) is 1.60. The molecule has 2 aromatic heterocycles. The van der Waals surface area contributed by atoms with Crippen molar-refractivity contribution in [1.29, 1.82) is 0 Å². The lowest BCUT2D eigenvalue weighted by Crippen LogP contribution is -2.26. The van der Waals surface area contributed by atoms with E-state index in [1.807, 2.05) is 0 Å². The smallest absolute Gasteiger partial charge is 0.347 e. The van der Waals surface area contributed by atoms with E-state index in [-0.39, 0.29) is 12.3 Å². The second-order valence-corrected chi connectivity index (χ2v) is 4.30. The van der Waals surface area contributed by atoms with Gasteiger partial charge in [-0.25, -0.2) is 9.78 Å². The van der Waals surface area contributed by atoms with Crippen molar-refractivity contribution >= 4 is 23.5 Å². The molecule has 2 aromatic rings. The van der Waals surface area contributed by atoms with Crippen LogP contribution in [0.2, 0.25) is 0 Å². The van der Waals surface area contributed by atoms with E-state index in [4.69, 9.17) is 9.57 Å². The van der Waals surface area contributed by atoms with Crippen LogP contribution in [0.5, 0.6) is 0 Å². The fraction of sp³-hybridized carbons (Fsp3) is 0.308. The maximum atomic E-state index is 12.3. The standard InChI is InChI=1S/C13H16N6O4/c1-3-22-10(20)8-23-18-11(9-4-5-15-17-9)12(21)16-13-14-6-7-19(13)2/h4-7H,3,8H2,1-2H3,(H,15,17)(H,14,16,21)/b18-11+. The normalized spacial score (nSPS) is 11.1. The number of aryl methyl sites for hydroxylation is 1. The van der Waals surface area contributed by atoms with Gasteiger partial charge in [0.1, 0.15) is 0 Å². The Morgan fingerprint density at radius 1 is 1.43 bits per heavy atom. The van der Waals surface area contributed by atoms with E-state index in [9.17, 15) is 9.59 Å². The first-order valence-electron chi connectivity index (χ1n) is 6.75. The van der Waals surface area contributed by atoms with Crippen LogP contribution in [0.1, 0.15) is 12.6 Å². The number of carbonyl (C=O) groups is 2. The molecule has 122 valence electrons. The maximum absolute atomic E-state index is 12.3. The van der Waals surface area contributed by atoms with Gasteiger partial charge in [-0.2, -0.15) is 5.10 Å². The Balaban J connectivity index is 2.10. The summed E-state index contributed by atoms with van der Waals surface area (Å²) in [6, 6.07) is 1.55. The molecule has 0 saturated carbocycles. The molecule has 10 heteroatoms. The summed E-state index contributed by atoms with van der Waals surface area (Å²) in [6.07, 6.45) is 4.68. The molecule has 0 fully saturated rings. The molecule has 2 N–H and O–H groups in total. The average molecular weight is 320 g/mol. The predicted octanol–water partition coefficient (Wildman–Crippen LogP) is 0.0657. The molecule has 23 heavy (non-hydrogen) atoms. The van der Waals surface area contributed by atoms with Crippen LogP contribution in [0.15, 0.2) is 29.8 Å².